The first-order valence-corrected chi connectivity index (χ1v) is 8.75. The Balaban J connectivity index is 1.76. The van der Waals surface area contributed by atoms with E-state index in [4.69, 9.17) is 14.2 Å². The maximum Gasteiger partial charge on any atom is 0.164 e. The Labute approximate surface area is 137 Å². The van der Waals surface area contributed by atoms with Gasteiger partial charge >= 0.3 is 0 Å². The highest BCUT2D eigenvalue weighted by atomic mass is 32.2. The summed E-state index contributed by atoms with van der Waals surface area (Å²) in [7, 11) is 0. The van der Waals surface area contributed by atoms with Gasteiger partial charge in [-0.2, -0.15) is 5.10 Å². The van der Waals surface area contributed by atoms with Crippen molar-refractivity contribution < 1.29 is 19.3 Å². The molecule has 1 N–H and O–H groups in total. The van der Waals surface area contributed by atoms with Gasteiger partial charge in [0, 0.05) is 0 Å². The Kier molecular flexibility index (Phi) is 3.62. The number of ether oxygens (including phenoxy) is 3. The Morgan fingerprint density at radius 3 is 2.83 bits per heavy atom. The smallest absolute Gasteiger partial charge is 0.164 e. The Hall–Kier alpha value is -1.19. The zero-order valence-corrected chi connectivity index (χ0v) is 14.0. The number of aliphatic hydroxyl groups excluding tert-OH is 1. The first kappa shape index (κ1) is 15.3. The predicted octanol–water partition coefficient (Wildman–Crippen LogP) is 1.40. The van der Waals surface area contributed by atoms with E-state index in [-0.39, 0.29) is 24.9 Å². The molecule has 2 saturated heterocycles. The molecule has 0 unspecified atom stereocenters. The van der Waals surface area contributed by atoms with Crippen molar-refractivity contribution in [3.63, 3.8) is 0 Å². The lowest BCUT2D eigenvalue weighted by atomic mass is 10.1. The Morgan fingerprint density at radius 2 is 2.09 bits per heavy atom. The van der Waals surface area contributed by atoms with Gasteiger partial charge in [0.1, 0.15) is 35.8 Å². The van der Waals surface area contributed by atoms with Crippen LogP contribution in [0, 0.1) is 0 Å². The molecule has 2 aromatic heterocycles. The third kappa shape index (κ3) is 2.36. The van der Waals surface area contributed by atoms with Crippen molar-refractivity contribution in [2.75, 3.05) is 12.9 Å². The largest absolute Gasteiger partial charge is 0.394 e. The molecule has 8 heteroatoms. The highest BCUT2D eigenvalue weighted by Gasteiger charge is 2.55. The van der Waals surface area contributed by atoms with Crippen LogP contribution in [0.25, 0.3) is 5.52 Å². The van der Waals surface area contributed by atoms with Gasteiger partial charge in [0.25, 0.3) is 0 Å². The number of aliphatic hydroxyl groups is 1. The number of hydrogen-bond donors (Lipinski definition) is 1. The van der Waals surface area contributed by atoms with Gasteiger partial charge in [-0.3, -0.25) is 0 Å². The van der Waals surface area contributed by atoms with Crippen LogP contribution in [0.3, 0.4) is 0 Å². The van der Waals surface area contributed by atoms with E-state index in [2.05, 4.69) is 10.1 Å². The molecule has 0 spiro atoms. The van der Waals surface area contributed by atoms with E-state index in [1.54, 1.807) is 11.8 Å². The number of hydrogen-bond acceptors (Lipinski definition) is 7. The van der Waals surface area contributed by atoms with Crippen LogP contribution in [0.2, 0.25) is 0 Å². The summed E-state index contributed by atoms with van der Waals surface area (Å²) in [5, 5.41) is 14.9. The molecule has 0 bridgehead atoms. The van der Waals surface area contributed by atoms with E-state index in [9.17, 15) is 5.11 Å². The molecule has 2 aliphatic rings. The lowest BCUT2D eigenvalue weighted by molar-refractivity contribution is -0.191. The van der Waals surface area contributed by atoms with Gasteiger partial charge in [0.2, 0.25) is 0 Å². The van der Waals surface area contributed by atoms with E-state index >= 15 is 0 Å². The molecule has 4 atom stereocenters. The van der Waals surface area contributed by atoms with E-state index in [1.807, 2.05) is 36.8 Å². The Morgan fingerprint density at radius 1 is 1.30 bits per heavy atom. The first-order chi connectivity index (χ1) is 11.0. The molecule has 4 rings (SSSR count). The van der Waals surface area contributed by atoms with Crippen molar-refractivity contribution in [2.24, 2.45) is 0 Å². The second-order valence-corrected chi connectivity index (χ2v) is 6.96. The lowest BCUT2D eigenvalue weighted by Crippen LogP contribution is -2.31. The summed E-state index contributed by atoms with van der Waals surface area (Å²) in [6, 6.07) is 3.95. The zero-order valence-electron chi connectivity index (χ0n) is 13.2. The zero-order chi connectivity index (χ0) is 16.2. The highest BCUT2D eigenvalue weighted by Crippen LogP contribution is 2.45. The summed E-state index contributed by atoms with van der Waals surface area (Å²) in [5.74, 6) is -0.683. The minimum absolute atomic E-state index is 0.106. The third-order valence-corrected chi connectivity index (χ3v) is 4.96. The van der Waals surface area contributed by atoms with Crippen molar-refractivity contribution in [1.29, 1.82) is 0 Å². The lowest BCUT2D eigenvalue weighted by Gasteiger charge is -2.23. The van der Waals surface area contributed by atoms with Crippen LogP contribution in [0.4, 0.5) is 0 Å². The Bertz CT molecular complexity index is 735. The van der Waals surface area contributed by atoms with Gasteiger partial charge in [-0.15, -0.1) is 11.8 Å². The van der Waals surface area contributed by atoms with Crippen LogP contribution in [0.1, 0.15) is 25.6 Å². The molecule has 0 saturated carbocycles. The van der Waals surface area contributed by atoms with Crippen molar-refractivity contribution in [2.45, 2.75) is 49.1 Å². The van der Waals surface area contributed by atoms with Crippen molar-refractivity contribution in [3.05, 3.63) is 24.2 Å². The number of fused-ring (bicyclic) bond motifs is 2. The van der Waals surface area contributed by atoms with E-state index in [0.29, 0.717) is 0 Å². The van der Waals surface area contributed by atoms with Crippen molar-refractivity contribution in [1.82, 2.24) is 14.6 Å². The molecule has 124 valence electrons. The van der Waals surface area contributed by atoms with Crippen molar-refractivity contribution >= 4 is 17.3 Å². The van der Waals surface area contributed by atoms with Gasteiger partial charge in [-0.05, 0) is 32.2 Å². The summed E-state index contributed by atoms with van der Waals surface area (Å²) < 4.78 is 19.8. The molecule has 7 nitrogen and oxygen atoms in total. The maximum absolute atomic E-state index is 9.60. The van der Waals surface area contributed by atoms with E-state index < -0.39 is 11.9 Å². The molecule has 4 heterocycles. The summed E-state index contributed by atoms with van der Waals surface area (Å²) in [4.78, 5) is 4.28. The van der Waals surface area contributed by atoms with E-state index in [0.717, 1.165) is 16.2 Å². The second kappa shape index (κ2) is 5.42. The fraction of sp³-hybridized carbons (Fsp3) is 0.600. The fourth-order valence-corrected chi connectivity index (χ4v) is 3.89. The summed E-state index contributed by atoms with van der Waals surface area (Å²) in [6.45, 7) is 3.65. The second-order valence-electron chi connectivity index (χ2n) is 6.17. The van der Waals surface area contributed by atoms with E-state index in [1.165, 1.54) is 6.33 Å². The molecule has 0 aromatic carbocycles. The normalized spacial score (nSPS) is 32.5. The third-order valence-electron chi connectivity index (χ3n) is 4.26. The van der Waals surface area contributed by atoms with Crippen LogP contribution < -0.4 is 0 Å². The number of nitrogens with zero attached hydrogens (tertiary/aromatic N) is 3. The van der Waals surface area contributed by atoms with Crippen LogP contribution >= 0.6 is 11.8 Å². The minimum atomic E-state index is -0.683. The van der Waals surface area contributed by atoms with Crippen LogP contribution in [-0.2, 0) is 14.2 Å². The average molecular weight is 337 g/mol. The maximum atomic E-state index is 9.60. The number of aromatic nitrogens is 3. The predicted molar refractivity (Wildman–Crippen MR) is 83.3 cm³/mol. The molecule has 2 aromatic rings. The monoisotopic (exact) mass is 337 g/mol. The van der Waals surface area contributed by atoms with Crippen LogP contribution in [0.5, 0.6) is 0 Å². The standard InChI is InChI=1S/C15H19N3O4S/c1-15(2)21-12-10(6-19)20-11(13(12)22-15)8-4-5-9-14(23-3)16-7-17-18(8)9/h4-5,7,10-13,19H,6H2,1-3H3/t10-,11+,12-,13+/m1/s1. The molecule has 2 aliphatic heterocycles. The van der Waals surface area contributed by atoms with Gasteiger partial charge in [-0.1, -0.05) is 0 Å². The molecule has 2 fully saturated rings. The summed E-state index contributed by atoms with van der Waals surface area (Å²) in [6.07, 6.45) is 2.22. The molecular formula is C15H19N3O4S. The van der Waals surface area contributed by atoms with Crippen molar-refractivity contribution in [3.8, 4) is 0 Å². The topological polar surface area (TPSA) is 78.1 Å². The molecule has 0 amide bonds. The molecular weight excluding hydrogens is 318 g/mol. The number of rotatable bonds is 3. The first-order valence-electron chi connectivity index (χ1n) is 7.52. The fourth-order valence-electron chi connectivity index (χ4n) is 3.37. The number of thioether (sulfide) groups is 1. The SMILES string of the molecule is CSc1ncnn2c([C@@H]3O[C@H](CO)[C@H]4OC(C)(C)O[C@H]43)ccc12. The highest BCUT2D eigenvalue weighted by molar-refractivity contribution is 7.98. The van der Waals surface area contributed by atoms with Crippen LogP contribution in [-0.4, -0.2) is 56.7 Å². The minimum Gasteiger partial charge on any atom is -0.394 e. The molecule has 0 aliphatic carbocycles. The van der Waals surface area contributed by atoms with Crippen LogP contribution in [0.15, 0.2) is 23.5 Å². The summed E-state index contributed by atoms with van der Waals surface area (Å²) in [5.41, 5.74) is 1.81. The average Bonchev–Trinajstić information content (AvgIpc) is 3.17. The summed E-state index contributed by atoms with van der Waals surface area (Å²) >= 11 is 1.57. The molecule has 0 radical (unpaired) electrons. The van der Waals surface area contributed by atoms with Gasteiger partial charge in [-0.25, -0.2) is 9.50 Å². The molecule has 23 heavy (non-hydrogen) atoms. The quantitative estimate of drug-likeness (QED) is 0.848. The van der Waals surface area contributed by atoms with Gasteiger partial charge < -0.3 is 19.3 Å². The van der Waals surface area contributed by atoms with Gasteiger partial charge in [0.15, 0.2) is 5.79 Å². The van der Waals surface area contributed by atoms with Gasteiger partial charge in [0.05, 0.1) is 17.8 Å².